The molecule has 1 aromatic rings. The van der Waals surface area contributed by atoms with Gasteiger partial charge in [-0.2, -0.15) is 11.8 Å². The molecule has 1 aliphatic rings. The van der Waals surface area contributed by atoms with Gasteiger partial charge in [0.25, 0.3) is 0 Å². The van der Waals surface area contributed by atoms with Crippen LogP contribution in [0.3, 0.4) is 0 Å². The zero-order valence-electron chi connectivity index (χ0n) is 11.5. The third-order valence-corrected chi connectivity index (χ3v) is 4.22. The lowest BCUT2D eigenvalue weighted by atomic mass is 10.2. The molecule has 0 unspecified atom stereocenters. The first kappa shape index (κ1) is 14.2. The predicted octanol–water partition coefficient (Wildman–Crippen LogP) is 2.51. The van der Waals surface area contributed by atoms with Crippen LogP contribution in [0, 0.1) is 0 Å². The first-order chi connectivity index (χ1) is 9.16. The van der Waals surface area contributed by atoms with Crippen LogP contribution in [0.25, 0.3) is 0 Å². The number of rotatable bonds is 4. The van der Waals surface area contributed by atoms with E-state index in [9.17, 15) is 4.79 Å². The van der Waals surface area contributed by atoms with Crippen molar-refractivity contribution in [3.8, 4) is 0 Å². The van der Waals surface area contributed by atoms with Gasteiger partial charge in [-0.3, -0.25) is 4.98 Å². The lowest BCUT2D eigenvalue weighted by molar-refractivity contribution is 0.173. The number of thioether (sulfide) groups is 1. The molecule has 1 saturated heterocycles. The maximum atomic E-state index is 12.3. The number of amides is 2. The summed E-state index contributed by atoms with van der Waals surface area (Å²) in [4.78, 5) is 18.6. The molecule has 1 fully saturated rings. The van der Waals surface area contributed by atoms with E-state index in [1.54, 1.807) is 6.20 Å². The van der Waals surface area contributed by atoms with Crippen LogP contribution in [0.4, 0.5) is 4.79 Å². The molecule has 0 spiro atoms. The Morgan fingerprint density at radius 3 is 3.00 bits per heavy atom. The summed E-state index contributed by atoms with van der Waals surface area (Å²) >= 11 is 1.92. The highest BCUT2D eigenvalue weighted by Crippen LogP contribution is 2.23. The Labute approximate surface area is 119 Å². The molecule has 0 saturated carbocycles. The molecule has 0 aliphatic carbocycles. The van der Waals surface area contributed by atoms with Crippen molar-refractivity contribution in [2.45, 2.75) is 38.9 Å². The molecule has 19 heavy (non-hydrogen) atoms. The van der Waals surface area contributed by atoms with Crippen LogP contribution in [0.1, 0.15) is 26.0 Å². The minimum atomic E-state index is 0.0214. The summed E-state index contributed by atoms with van der Waals surface area (Å²) in [5.41, 5.74) is 0.943. The smallest absolute Gasteiger partial charge is 0.318 e. The quantitative estimate of drug-likeness (QED) is 0.921. The molecular formula is C14H21N3OS. The predicted molar refractivity (Wildman–Crippen MR) is 79.2 cm³/mol. The molecule has 5 heteroatoms. The van der Waals surface area contributed by atoms with E-state index >= 15 is 0 Å². The highest BCUT2D eigenvalue weighted by Gasteiger charge is 2.27. The van der Waals surface area contributed by atoms with E-state index in [-0.39, 0.29) is 12.1 Å². The molecule has 0 bridgehead atoms. The van der Waals surface area contributed by atoms with Gasteiger partial charge in [-0.15, -0.1) is 0 Å². The second-order valence-electron chi connectivity index (χ2n) is 5.07. The first-order valence-electron chi connectivity index (χ1n) is 6.71. The Morgan fingerprint density at radius 2 is 2.42 bits per heavy atom. The third kappa shape index (κ3) is 4.13. The zero-order chi connectivity index (χ0) is 13.7. The number of urea groups is 1. The summed E-state index contributed by atoms with van der Waals surface area (Å²) < 4.78 is 0. The molecule has 1 aromatic heterocycles. The summed E-state index contributed by atoms with van der Waals surface area (Å²) in [6, 6.07) is 6.34. The topological polar surface area (TPSA) is 45.2 Å². The van der Waals surface area contributed by atoms with Crippen molar-refractivity contribution in [1.82, 2.24) is 15.2 Å². The molecule has 2 amide bonds. The van der Waals surface area contributed by atoms with Gasteiger partial charge in [0.05, 0.1) is 12.2 Å². The highest BCUT2D eigenvalue weighted by molar-refractivity contribution is 7.99. The standard InChI is InChI=1S/C14H21N3OS/c1-11(2)16-14(18)17(13-6-8-19-10-13)9-12-5-3-4-7-15-12/h3-5,7,11,13H,6,8-10H2,1-2H3,(H,16,18)/t13-/m0/s1. The lowest BCUT2D eigenvalue weighted by Crippen LogP contribution is -2.47. The van der Waals surface area contributed by atoms with Gasteiger partial charge in [0, 0.05) is 24.0 Å². The van der Waals surface area contributed by atoms with Gasteiger partial charge in [-0.1, -0.05) is 6.07 Å². The molecular weight excluding hydrogens is 258 g/mol. The summed E-state index contributed by atoms with van der Waals surface area (Å²) in [5.74, 6) is 2.16. The highest BCUT2D eigenvalue weighted by atomic mass is 32.2. The maximum Gasteiger partial charge on any atom is 0.318 e. The van der Waals surface area contributed by atoms with Crippen LogP contribution < -0.4 is 5.32 Å². The number of aromatic nitrogens is 1. The fourth-order valence-corrected chi connectivity index (χ4v) is 3.35. The summed E-state index contributed by atoms with van der Waals surface area (Å²) in [6.07, 6.45) is 2.85. The van der Waals surface area contributed by atoms with Crippen molar-refractivity contribution in [2.24, 2.45) is 0 Å². The largest absolute Gasteiger partial charge is 0.336 e. The molecule has 0 aromatic carbocycles. The second kappa shape index (κ2) is 6.80. The Kier molecular flexibility index (Phi) is 5.07. The summed E-state index contributed by atoms with van der Waals surface area (Å²) in [6.45, 7) is 4.56. The average Bonchev–Trinajstić information content (AvgIpc) is 2.90. The van der Waals surface area contributed by atoms with E-state index in [1.165, 1.54) is 0 Å². The summed E-state index contributed by atoms with van der Waals surface area (Å²) in [7, 11) is 0. The van der Waals surface area contributed by atoms with Gasteiger partial charge in [-0.25, -0.2) is 4.79 Å². The van der Waals surface area contributed by atoms with Crippen LogP contribution in [0.2, 0.25) is 0 Å². The molecule has 2 heterocycles. The molecule has 0 radical (unpaired) electrons. The maximum absolute atomic E-state index is 12.3. The van der Waals surface area contributed by atoms with Crippen molar-refractivity contribution in [1.29, 1.82) is 0 Å². The van der Waals surface area contributed by atoms with Gasteiger partial charge < -0.3 is 10.2 Å². The first-order valence-corrected chi connectivity index (χ1v) is 7.87. The van der Waals surface area contributed by atoms with Crippen LogP contribution >= 0.6 is 11.8 Å². The molecule has 1 aliphatic heterocycles. The summed E-state index contributed by atoms with van der Waals surface area (Å²) in [5, 5.41) is 2.99. The number of nitrogens with zero attached hydrogens (tertiary/aromatic N) is 2. The average molecular weight is 279 g/mol. The minimum absolute atomic E-state index is 0.0214. The fourth-order valence-electron chi connectivity index (χ4n) is 2.13. The van der Waals surface area contributed by atoms with Gasteiger partial charge in [0.2, 0.25) is 0 Å². The second-order valence-corrected chi connectivity index (χ2v) is 6.22. The van der Waals surface area contributed by atoms with Gasteiger partial charge in [0.15, 0.2) is 0 Å². The Balaban J connectivity index is 2.07. The van der Waals surface area contributed by atoms with Crippen LogP contribution in [-0.2, 0) is 6.54 Å². The van der Waals surface area contributed by atoms with E-state index in [1.807, 2.05) is 48.7 Å². The van der Waals surface area contributed by atoms with Gasteiger partial charge in [-0.05, 0) is 38.2 Å². The monoisotopic (exact) mass is 279 g/mol. The fraction of sp³-hybridized carbons (Fsp3) is 0.571. The van der Waals surface area contributed by atoms with E-state index in [0.717, 1.165) is 23.6 Å². The van der Waals surface area contributed by atoms with Crippen molar-refractivity contribution in [3.63, 3.8) is 0 Å². The Morgan fingerprint density at radius 1 is 1.58 bits per heavy atom. The SMILES string of the molecule is CC(C)NC(=O)N(Cc1ccccn1)[C@H]1CCSC1. The third-order valence-electron chi connectivity index (χ3n) is 3.08. The zero-order valence-corrected chi connectivity index (χ0v) is 12.3. The van der Waals surface area contributed by atoms with Crippen molar-refractivity contribution >= 4 is 17.8 Å². The minimum Gasteiger partial charge on any atom is -0.336 e. The number of carbonyl (C=O) groups excluding carboxylic acids is 1. The van der Waals surface area contributed by atoms with Gasteiger partial charge in [0.1, 0.15) is 0 Å². The van der Waals surface area contributed by atoms with Crippen molar-refractivity contribution < 1.29 is 4.79 Å². The van der Waals surface area contributed by atoms with E-state index < -0.39 is 0 Å². The van der Waals surface area contributed by atoms with Crippen LogP contribution in [-0.4, -0.2) is 39.5 Å². The lowest BCUT2D eigenvalue weighted by Gasteiger charge is -2.29. The van der Waals surface area contributed by atoms with E-state index in [0.29, 0.717) is 12.6 Å². The number of carbonyl (C=O) groups is 1. The number of hydrogen-bond donors (Lipinski definition) is 1. The molecule has 104 valence electrons. The van der Waals surface area contributed by atoms with Gasteiger partial charge >= 0.3 is 6.03 Å². The number of nitrogens with one attached hydrogen (secondary N) is 1. The van der Waals surface area contributed by atoms with E-state index in [4.69, 9.17) is 0 Å². The molecule has 1 atom stereocenters. The van der Waals surface area contributed by atoms with E-state index in [2.05, 4.69) is 10.3 Å². The molecule has 4 nitrogen and oxygen atoms in total. The normalized spacial score (nSPS) is 18.6. The Hall–Kier alpha value is -1.23. The van der Waals surface area contributed by atoms with Crippen LogP contribution in [0.5, 0.6) is 0 Å². The van der Waals surface area contributed by atoms with Crippen molar-refractivity contribution in [2.75, 3.05) is 11.5 Å². The number of pyridine rings is 1. The number of hydrogen-bond acceptors (Lipinski definition) is 3. The van der Waals surface area contributed by atoms with Crippen LogP contribution in [0.15, 0.2) is 24.4 Å². The molecule has 1 N–H and O–H groups in total. The van der Waals surface area contributed by atoms with Crippen molar-refractivity contribution in [3.05, 3.63) is 30.1 Å². The molecule has 2 rings (SSSR count). The Bertz CT molecular complexity index is 404.